The molecule has 1 unspecified atom stereocenters. The summed E-state index contributed by atoms with van der Waals surface area (Å²) in [6.07, 6.45) is 0.168. The van der Waals surface area contributed by atoms with Crippen molar-refractivity contribution in [2.45, 2.75) is 37.8 Å². The van der Waals surface area contributed by atoms with Crippen LogP contribution < -0.4 is 19.1 Å². The van der Waals surface area contributed by atoms with E-state index in [1.54, 1.807) is 42.5 Å². The lowest BCUT2D eigenvalue weighted by Gasteiger charge is -2.34. The average molecular weight is 713 g/mol. The minimum atomic E-state index is -4.35. The van der Waals surface area contributed by atoms with Gasteiger partial charge >= 0.3 is 0 Å². The van der Waals surface area contributed by atoms with Gasteiger partial charge < -0.3 is 19.7 Å². The molecule has 0 aromatic heterocycles. The predicted octanol–water partition coefficient (Wildman–Crippen LogP) is 6.62. The summed E-state index contributed by atoms with van der Waals surface area (Å²) in [5.41, 5.74) is 1.50. The van der Waals surface area contributed by atoms with E-state index in [4.69, 9.17) is 32.7 Å². The normalized spacial score (nSPS) is 11.9. The number of carbonyl (C=O) groups excluding carboxylic acids is 2. The Labute approximate surface area is 292 Å². The summed E-state index contributed by atoms with van der Waals surface area (Å²) in [5, 5.41) is 3.67. The molecule has 48 heavy (non-hydrogen) atoms. The van der Waals surface area contributed by atoms with Crippen LogP contribution in [-0.2, 0) is 32.6 Å². The molecule has 0 saturated heterocycles. The second-order valence-electron chi connectivity index (χ2n) is 11.5. The minimum absolute atomic E-state index is 0.0650. The van der Waals surface area contributed by atoms with E-state index < -0.39 is 28.5 Å². The number of carbonyl (C=O) groups is 2. The Bertz CT molecular complexity index is 1800. The van der Waals surface area contributed by atoms with Crippen LogP contribution in [0.25, 0.3) is 0 Å². The monoisotopic (exact) mass is 711 g/mol. The van der Waals surface area contributed by atoms with E-state index >= 15 is 0 Å². The molecule has 4 rings (SSSR count). The molecular weight excluding hydrogens is 673 g/mol. The van der Waals surface area contributed by atoms with E-state index in [2.05, 4.69) is 5.32 Å². The lowest BCUT2D eigenvalue weighted by Crippen LogP contribution is -2.53. The zero-order valence-electron chi connectivity index (χ0n) is 27.2. The summed E-state index contributed by atoms with van der Waals surface area (Å²) in [6.45, 7) is 3.58. The van der Waals surface area contributed by atoms with Crippen LogP contribution in [0.4, 0.5) is 5.69 Å². The zero-order valence-corrected chi connectivity index (χ0v) is 29.6. The van der Waals surface area contributed by atoms with Gasteiger partial charge in [-0.1, -0.05) is 85.6 Å². The lowest BCUT2D eigenvalue weighted by molar-refractivity contribution is -0.140. The molecule has 254 valence electrons. The van der Waals surface area contributed by atoms with Gasteiger partial charge in [-0.05, 0) is 65.6 Å². The van der Waals surface area contributed by atoms with Gasteiger partial charge in [-0.25, -0.2) is 8.42 Å². The molecule has 4 aromatic carbocycles. The molecule has 0 fully saturated rings. The number of methoxy groups -OCH3 is 2. The number of rotatable bonds is 15. The van der Waals surface area contributed by atoms with Crippen molar-refractivity contribution in [2.24, 2.45) is 5.92 Å². The van der Waals surface area contributed by atoms with Gasteiger partial charge in [0.1, 0.15) is 24.1 Å². The highest BCUT2D eigenvalue weighted by atomic mass is 35.5. The SMILES string of the molecule is COc1ccc(S(=O)(=O)N(CC(=O)N(Cc2ccc(Cl)cc2Cl)C(Cc2ccccc2)C(=O)NCC(C)C)c2ccccc2OC)cc1. The average Bonchev–Trinajstić information content (AvgIpc) is 3.08. The van der Waals surface area contributed by atoms with Crippen molar-refractivity contribution in [3.63, 3.8) is 0 Å². The molecule has 0 heterocycles. The van der Waals surface area contributed by atoms with Gasteiger partial charge in [0.2, 0.25) is 11.8 Å². The number of benzene rings is 4. The molecule has 0 radical (unpaired) electrons. The first-order chi connectivity index (χ1) is 22.9. The minimum Gasteiger partial charge on any atom is -0.497 e. The van der Waals surface area contributed by atoms with Gasteiger partial charge in [0.15, 0.2) is 0 Å². The summed E-state index contributed by atoms with van der Waals surface area (Å²) in [4.78, 5) is 29.9. The number of ether oxygens (including phenoxy) is 2. The maximum atomic E-state index is 14.7. The number of sulfonamides is 1. The standard InChI is InChI=1S/C36H39Cl2N3O6S/c1-25(2)22-39-36(43)33(20-26-10-6-5-7-11-26)40(23-27-14-15-28(37)21-31(27)38)35(42)24-41(32-12-8-9-13-34(32)47-4)48(44,45)30-18-16-29(46-3)17-19-30/h5-19,21,25,33H,20,22-24H2,1-4H3,(H,39,43). The molecular formula is C36H39Cl2N3O6S. The van der Waals surface area contributed by atoms with E-state index in [0.29, 0.717) is 27.9 Å². The van der Waals surface area contributed by atoms with Gasteiger partial charge in [0, 0.05) is 29.6 Å². The van der Waals surface area contributed by atoms with E-state index in [0.717, 1.165) is 9.87 Å². The van der Waals surface area contributed by atoms with Crippen LogP contribution >= 0.6 is 23.2 Å². The Kier molecular flexibility index (Phi) is 12.7. The van der Waals surface area contributed by atoms with Crippen LogP contribution in [0.3, 0.4) is 0 Å². The highest BCUT2D eigenvalue weighted by Crippen LogP contribution is 2.33. The fourth-order valence-electron chi connectivity index (χ4n) is 5.03. The predicted molar refractivity (Wildman–Crippen MR) is 189 cm³/mol. The second-order valence-corrected chi connectivity index (χ2v) is 14.2. The topological polar surface area (TPSA) is 105 Å². The van der Waals surface area contributed by atoms with Gasteiger partial charge in [-0.15, -0.1) is 0 Å². The van der Waals surface area contributed by atoms with Crippen molar-refractivity contribution < 1.29 is 27.5 Å². The molecule has 0 aliphatic heterocycles. The largest absolute Gasteiger partial charge is 0.497 e. The molecule has 4 aromatic rings. The third-order valence-electron chi connectivity index (χ3n) is 7.59. The van der Waals surface area contributed by atoms with Gasteiger partial charge in [-0.2, -0.15) is 0 Å². The molecule has 2 amide bonds. The molecule has 0 saturated carbocycles. The number of halogens is 2. The van der Waals surface area contributed by atoms with Crippen LogP contribution in [0.5, 0.6) is 11.5 Å². The van der Waals surface area contributed by atoms with E-state index in [1.807, 2.05) is 44.2 Å². The van der Waals surface area contributed by atoms with Gasteiger partial charge in [-0.3, -0.25) is 13.9 Å². The summed E-state index contributed by atoms with van der Waals surface area (Å²) in [6, 6.07) is 25.6. The molecule has 1 N–H and O–H groups in total. The third kappa shape index (κ3) is 9.21. The van der Waals surface area contributed by atoms with Crippen molar-refractivity contribution in [3.8, 4) is 11.5 Å². The maximum absolute atomic E-state index is 14.7. The number of nitrogens with zero attached hydrogens (tertiary/aromatic N) is 2. The maximum Gasteiger partial charge on any atom is 0.264 e. The molecule has 1 atom stereocenters. The van der Waals surface area contributed by atoms with Crippen molar-refractivity contribution in [2.75, 3.05) is 31.6 Å². The Morgan fingerprint density at radius 3 is 2.15 bits per heavy atom. The van der Waals surface area contributed by atoms with Crippen molar-refractivity contribution in [3.05, 3.63) is 118 Å². The summed E-state index contributed by atoms with van der Waals surface area (Å²) in [5.74, 6) is -0.157. The molecule has 0 aliphatic rings. The quantitative estimate of drug-likeness (QED) is 0.149. The van der Waals surface area contributed by atoms with Gasteiger partial charge in [0.25, 0.3) is 10.0 Å². The number of nitrogens with one attached hydrogen (secondary N) is 1. The summed E-state index contributed by atoms with van der Waals surface area (Å²) < 4.78 is 40.4. The molecule has 0 spiro atoms. The highest BCUT2D eigenvalue weighted by Gasteiger charge is 2.36. The van der Waals surface area contributed by atoms with Crippen LogP contribution in [0, 0.1) is 5.92 Å². The van der Waals surface area contributed by atoms with Gasteiger partial charge in [0.05, 0.1) is 24.8 Å². The van der Waals surface area contributed by atoms with Crippen LogP contribution in [0.2, 0.25) is 10.0 Å². The first kappa shape index (κ1) is 36.6. The van der Waals surface area contributed by atoms with E-state index in [-0.39, 0.29) is 41.1 Å². The molecule has 0 aliphatic carbocycles. The smallest absolute Gasteiger partial charge is 0.264 e. The molecule has 9 nitrogen and oxygen atoms in total. The Morgan fingerprint density at radius 2 is 1.52 bits per heavy atom. The zero-order chi connectivity index (χ0) is 34.8. The number of hydrogen-bond acceptors (Lipinski definition) is 6. The molecule has 0 bridgehead atoms. The van der Waals surface area contributed by atoms with E-state index in [9.17, 15) is 18.0 Å². The first-order valence-corrected chi connectivity index (χ1v) is 17.5. The van der Waals surface area contributed by atoms with Crippen molar-refractivity contribution in [1.29, 1.82) is 0 Å². The van der Waals surface area contributed by atoms with Crippen molar-refractivity contribution >= 4 is 50.7 Å². The number of anilines is 1. The van der Waals surface area contributed by atoms with Crippen LogP contribution in [0.1, 0.15) is 25.0 Å². The third-order valence-corrected chi connectivity index (χ3v) is 9.95. The Morgan fingerprint density at radius 1 is 0.854 bits per heavy atom. The highest BCUT2D eigenvalue weighted by molar-refractivity contribution is 7.92. The fraction of sp³-hybridized carbons (Fsp3) is 0.278. The number of hydrogen-bond donors (Lipinski definition) is 1. The first-order valence-electron chi connectivity index (χ1n) is 15.3. The summed E-state index contributed by atoms with van der Waals surface area (Å²) >= 11 is 12.8. The summed E-state index contributed by atoms with van der Waals surface area (Å²) in [7, 11) is -1.45. The van der Waals surface area contributed by atoms with E-state index in [1.165, 1.54) is 43.4 Å². The fourth-order valence-corrected chi connectivity index (χ4v) is 6.93. The van der Waals surface area contributed by atoms with Crippen LogP contribution in [0.15, 0.2) is 102 Å². The Hall–Kier alpha value is -4.25. The molecule has 12 heteroatoms. The Balaban J connectivity index is 1.84. The number of amides is 2. The van der Waals surface area contributed by atoms with Crippen LogP contribution in [-0.4, -0.2) is 58.5 Å². The second kappa shape index (κ2) is 16.7. The lowest BCUT2D eigenvalue weighted by atomic mass is 10.0. The number of para-hydroxylation sites is 2. The van der Waals surface area contributed by atoms with Crippen molar-refractivity contribution in [1.82, 2.24) is 10.2 Å².